The van der Waals surface area contributed by atoms with Crippen LogP contribution in [0.1, 0.15) is 26.7 Å². The summed E-state index contributed by atoms with van der Waals surface area (Å²) in [5, 5.41) is 6.18. The van der Waals surface area contributed by atoms with E-state index in [9.17, 15) is 9.59 Å². The van der Waals surface area contributed by atoms with E-state index in [1.54, 1.807) is 6.08 Å². The number of piperidine rings is 1. The Morgan fingerprint density at radius 3 is 2.54 bits per heavy atom. The third-order valence-electron chi connectivity index (χ3n) is 4.87. The van der Waals surface area contributed by atoms with Crippen molar-refractivity contribution < 1.29 is 9.59 Å². The molecule has 1 unspecified atom stereocenters. The van der Waals surface area contributed by atoms with Crippen LogP contribution < -0.4 is 10.6 Å². The van der Waals surface area contributed by atoms with Crippen LogP contribution in [0.4, 0.5) is 0 Å². The molecule has 2 aliphatic heterocycles. The lowest BCUT2D eigenvalue weighted by molar-refractivity contribution is -0.139. The highest BCUT2D eigenvalue weighted by Crippen LogP contribution is 2.31. The highest BCUT2D eigenvalue weighted by Gasteiger charge is 2.39. The van der Waals surface area contributed by atoms with Gasteiger partial charge in [0.15, 0.2) is 0 Å². The first-order valence-electron chi connectivity index (χ1n) is 8.56. The molecule has 0 aromatic heterocycles. The molecule has 7 heteroatoms. The molecule has 2 saturated heterocycles. The second-order valence-electron chi connectivity index (χ2n) is 7.17. The smallest absolute Gasteiger partial charge is 0.240 e. The number of halogens is 1. The fraction of sp³-hybridized carbons (Fsp3) is 0.765. The zero-order valence-electron chi connectivity index (χ0n) is 14.8. The van der Waals surface area contributed by atoms with Crippen molar-refractivity contribution in [3.63, 3.8) is 0 Å². The minimum atomic E-state index is -0.0845. The largest absolute Gasteiger partial charge is 0.352 e. The van der Waals surface area contributed by atoms with Crippen LogP contribution in [0.2, 0.25) is 0 Å². The lowest BCUT2D eigenvalue weighted by Crippen LogP contribution is -2.60. The van der Waals surface area contributed by atoms with Crippen LogP contribution in [-0.2, 0) is 9.59 Å². The summed E-state index contributed by atoms with van der Waals surface area (Å²) < 4.78 is 0. The summed E-state index contributed by atoms with van der Waals surface area (Å²) in [5.74, 6) is 0.227. The topological polar surface area (TPSA) is 64.7 Å². The number of amides is 2. The molecule has 24 heavy (non-hydrogen) atoms. The fourth-order valence-electron chi connectivity index (χ4n) is 3.39. The lowest BCUT2D eigenvalue weighted by atomic mass is 9.77. The average molecular weight is 359 g/mol. The Hall–Kier alpha value is -1.11. The maximum atomic E-state index is 12.8. The van der Waals surface area contributed by atoms with E-state index < -0.39 is 0 Å². The maximum absolute atomic E-state index is 12.8. The molecule has 0 aromatic carbocycles. The number of rotatable bonds is 5. The predicted octanol–water partition coefficient (Wildman–Crippen LogP) is 0.633. The van der Waals surface area contributed by atoms with Gasteiger partial charge in [0.25, 0.3) is 0 Å². The Kier molecular flexibility index (Phi) is 8.19. The Labute approximate surface area is 151 Å². The molecule has 138 valence electrons. The summed E-state index contributed by atoms with van der Waals surface area (Å²) in [5.41, 5.74) is 0.0110. The molecular formula is C17H31ClN4O2. The Bertz CT molecular complexity index is 448. The molecule has 6 nitrogen and oxygen atoms in total. The molecule has 2 aliphatic rings. The van der Waals surface area contributed by atoms with Crippen molar-refractivity contribution in [2.75, 3.05) is 45.8 Å². The Balaban J connectivity index is 0.00000288. The van der Waals surface area contributed by atoms with Crippen LogP contribution in [0.25, 0.3) is 0 Å². The van der Waals surface area contributed by atoms with Crippen LogP contribution in [0.15, 0.2) is 12.7 Å². The van der Waals surface area contributed by atoms with Gasteiger partial charge in [0.2, 0.25) is 11.8 Å². The minimum Gasteiger partial charge on any atom is -0.352 e. The number of piperazine rings is 1. The summed E-state index contributed by atoms with van der Waals surface area (Å²) in [6.45, 7) is 12.6. The van der Waals surface area contributed by atoms with Gasteiger partial charge in [-0.15, -0.1) is 19.0 Å². The first-order valence-corrected chi connectivity index (χ1v) is 8.56. The van der Waals surface area contributed by atoms with Gasteiger partial charge in [0.05, 0.1) is 12.6 Å². The predicted molar refractivity (Wildman–Crippen MR) is 98.3 cm³/mol. The van der Waals surface area contributed by atoms with Crippen molar-refractivity contribution >= 4 is 24.2 Å². The zero-order chi connectivity index (χ0) is 16.9. The molecule has 0 spiro atoms. The Morgan fingerprint density at radius 2 is 1.96 bits per heavy atom. The monoisotopic (exact) mass is 358 g/mol. The molecule has 0 bridgehead atoms. The summed E-state index contributed by atoms with van der Waals surface area (Å²) in [4.78, 5) is 28.6. The molecule has 0 aliphatic carbocycles. The van der Waals surface area contributed by atoms with E-state index >= 15 is 0 Å². The standard InChI is InChI=1S/C17H30N4O2.ClH/c1-4-7-18-14(22)13-20-9-11-21(12-10-20)16(23)15-17(2,3)6-5-8-19-15;/h4,15,19H,1,5-13H2,2-3H3,(H,18,22);1H. The number of hydrogen-bond donors (Lipinski definition) is 2. The molecule has 0 saturated carbocycles. The molecule has 2 N–H and O–H groups in total. The maximum Gasteiger partial charge on any atom is 0.240 e. The highest BCUT2D eigenvalue weighted by atomic mass is 35.5. The van der Waals surface area contributed by atoms with Gasteiger partial charge in [0.1, 0.15) is 0 Å². The Morgan fingerprint density at radius 1 is 1.29 bits per heavy atom. The molecule has 0 aromatic rings. The van der Waals surface area contributed by atoms with E-state index in [0.29, 0.717) is 26.2 Å². The van der Waals surface area contributed by atoms with Crippen molar-refractivity contribution in [2.24, 2.45) is 5.41 Å². The lowest BCUT2D eigenvalue weighted by Gasteiger charge is -2.43. The van der Waals surface area contributed by atoms with Crippen LogP contribution >= 0.6 is 12.4 Å². The first kappa shape index (κ1) is 20.9. The molecule has 1 atom stereocenters. The number of nitrogens with zero attached hydrogens (tertiary/aromatic N) is 2. The van der Waals surface area contributed by atoms with Gasteiger partial charge in [-0.3, -0.25) is 14.5 Å². The van der Waals surface area contributed by atoms with Crippen LogP contribution in [0.3, 0.4) is 0 Å². The van der Waals surface area contributed by atoms with Crippen LogP contribution in [0, 0.1) is 5.41 Å². The molecule has 2 fully saturated rings. The number of nitrogens with one attached hydrogen (secondary N) is 2. The van der Waals surface area contributed by atoms with Gasteiger partial charge in [-0.2, -0.15) is 0 Å². The van der Waals surface area contributed by atoms with E-state index in [2.05, 4.69) is 36.0 Å². The SMILES string of the molecule is C=CCNC(=O)CN1CCN(C(=O)C2NCCCC2(C)C)CC1.Cl. The number of hydrogen-bond acceptors (Lipinski definition) is 4. The fourth-order valence-corrected chi connectivity index (χ4v) is 3.39. The average Bonchev–Trinajstić information content (AvgIpc) is 2.52. The third-order valence-corrected chi connectivity index (χ3v) is 4.87. The van der Waals surface area contributed by atoms with E-state index in [4.69, 9.17) is 0 Å². The van der Waals surface area contributed by atoms with Crippen molar-refractivity contribution in [2.45, 2.75) is 32.7 Å². The van der Waals surface area contributed by atoms with Gasteiger partial charge in [-0.05, 0) is 24.8 Å². The van der Waals surface area contributed by atoms with Crippen molar-refractivity contribution in [3.05, 3.63) is 12.7 Å². The molecule has 2 rings (SSSR count). The molecule has 2 heterocycles. The minimum absolute atomic E-state index is 0. The molecular weight excluding hydrogens is 328 g/mol. The summed E-state index contributed by atoms with van der Waals surface area (Å²) in [6, 6.07) is -0.0845. The second kappa shape index (κ2) is 9.39. The van der Waals surface area contributed by atoms with Gasteiger partial charge >= 0.3 is 0 Å². The number of carbonyl (C=O) groups is 2. The van der Waals surface area contributed by atoms with E-state index in [0.717, 1.165) is 32.5 Å². The van der Waals surface area contributed by atoms with E-state index in [1.165, 1.54) is 0 Å². The van der Waals surface area contributed by atoms with Crippen molar-refractivity contribution in [1.82, 2.24) is 20.4 Å². The van der Waals surface area contributed by atoms with Gasteiger partial charge < -0.3 is 15.5 Å². The summed E-state index contributed by atoms with van der Waals surface area (Å²) in [7, 11) is 0. The summed E-state index contributed by atoms with van der Waals surface area (Å²) in [6.07, 6.45) is 3.89. The van der Waals surface area contributed by atoms with Gasteiger partial charge in [-0.25, -0.2) is 0 Å². The van der Waals surface area contributed by atoms with Crippen molar-refractivity contribution in [3.8, 4) is 0 Å². The van der Waals surface area contributed by atoms with Crippen molar-refractivity contribution in [1.29, 1.82) is 0 Å². The normalized spacial score (nSPS) is 23.9. The molecule has 2 amide bonds. The van der Waals surface area contributed by atoms with Gasteiger partial charge in [-0.1, -0.05) is 19.9 Å². The van der Waals surface area contributed by atoms with E-state index in [-0.39, 0.29) is 35.7 Å². The van der Waals surface area contributed by atoms with E-state index in [1.807, 2.05) is 4.90 Å². The number of carbonyl (C=O) groups excluding carboxylic acids is 2. The van der Waals surface area contributed by atoms with Crippen LogP contribution in [-0.4, -0.2) is 73.5 Å². The highest BCUT2D eigenvalue weighted by molar-refractivity contribution is 5.85. The van der Waals surface area contributed by atoms with Gasteiger partial charge in [0, 0.05) is 32.7 Å². The molecule has 0 radical (unpaired) electrons. The third kappa shape index (κ3) is 5.46. The second-order valence-corrected chi connectivity index (χ2v) is 7.17. The zero-order valence-corrected chi connectivity index (χ0v) is 15.7. The van der Waals surface area contributed by atoms with Crippen LogP contribution in [0.5, 0.6) is 0 Å². The summed E-state index contributed by atoms with van der Waals surface area (Å²) >= 11 is 0. The first-order chi connectivity index (χ1) is 10.9. The quantitative estimate of drug-likeness (QED) is 0.708.